The second kappa shape index (κ2) is 11.6. The zero-order valence-electron chi connectivity index (χ0n) is 20.4. The summed E-state index contributed by atoms with van der Waals surface area (Å²) >= 11 is 7.49. The van der Waals surface area contributed by atoms with Crippen LogP contribution in [0.3, 0.4) is 0 Å². The minimum atomic E-state index is -0.375. The minimum absolute atomic E-state index is 0.185. The van der Waals surface area contributed by atoms with E-state index in [1.54, 1.807) is 55.0 Å². The average Bonchev–Trinajstić information content (AvgIpc) is 3.39. The Balaban J connectivity index is 1.29. The summed E-state index contributed by atoms with van der Waals surface area (Å²) < 4.78 is 0.911. The summed E-state index contributed by atoms with van der Waals surface area (Å²) in [4.78, 5) is 32.8. The molecule has 0 bridgehead atoms. The van der Waals surface area contributed by atoms with Crippen LogP contribution in [0.4, 0.5) is 22.0 Å². The molecule has 0 aliphatic carbocycles. The lowest BCUT2D eigenvalue weighted by molar-refractivity contribution is 0.0958. The summed E-state index contributed by atoms with van der Waals surface area (Å²) in [5, 5.41) is 11.7. The Morgan fingerprint density at radius 1 is 1.00 bits per heavy atom. The molecule has 0 saturated heterocycles. The number of amides is 3. The van der Waals surface area contributed by atoms with Crippen LogP contribution in [0.15, 0.2) is 84.6 Å². The molecule has 0 unspecified atom stereocenters. The third-order valence-corrected chi connectivity index (χ3v) is 6.91. The maximum Gasteiger partial charge on any atom is 0.323 e. The zero-order chi connectivity index (χ0) is 27.2. The number of fused-ring (bicyclic) bond motifs is 1. The summed E-state index contributed by atoms with van der Waals surface area (Å²) in [6, 6.07) is 17.3. The molecule has 8 nitrogen and oxygen atoms in total. The van der Waals surface area contributed by atoms with Gasteiger partial charge in [-0.25, -0.2) is 9.78 Å². The number of benzene rings is 2. The molecule has 0 aliphatic rings. The number of nitrogens with zero attached hydrogens (tertiary/aromatic N) is 2. The van der Waals surface area contributed by atoms with E-state index in [1.165, 1.54) is 11.3 Å². The molecule has 3 heterocycles. The minimum Gasteiger partial charge on any atom is -0.383 e. The topological polar surface area (TPSA) is 122 Å². The fourth-order valence-corrected chi connectivity index (χ4v) is 5.07. The van der Waals surface area contributed by atoms with Crippen molar-refractivity contribution in [3.63, 3.8) is 0 Å². The van der Waals surface area contributed by atoms with Crippen LogP contribution in [-0.2, 0) is 0 Å². The first-order valence-electron chi connectivity index (χ1n) is 11.7. The summed E-state index contributed by atoms with van der Waals surface area (Å²) in [6.45, 7) is 0.185. The fourth-order valence-electron chi connectivity index (χ4n) is 3.83. The third kappa shape index (κ3) is 6.15. The summed E-state index contributed by atoms with van der Waals surface area (Å²) in [5.41, 5.74) is 10.6. The number of nitrogen functional groups attached to an aromatic ring is 1. The van der Waals surface area contributed by atoms with Crippen LogP contribution in [0.25, 0.3) is 21.2 Å². The van der Waals surface area contributed by atoms with Crippen molar-refractivity contribution in [3.8, 4) is 23.0 Å². The number of hydrogen-bond donors (Lipinski definition) is 4. The number of aromatic nitrogens is 2. The molecule has 0 saturated carbocycles. The van der Waals surface area contributed by atoms with E-state index >= 15 is 0 Å². The van der Waals surface area contributed by atoms with E-state index in [-0.39, 0.29) is 18.5 Å². The molecular weight excluding hydrogens is 532 g/mol. The molecule has 5 rings (SSSR count). The van der Waals surface area contributed by atoms with Crippen molar-refractivity contribution in [1.82, 2.24) is 15.3 Å². The van der Waals surface area contributed by atoms with E-state index in [9.17, 15) is 9.59 Å². The van der Waals surface area contributed by atoms with Crippen LogP contribution in [0, 0.1) is 11.8 Å². The predicted molar refractivity (Wildman–Crippen MR) is 157 cm³/mol. The number of thiophene rings is 1. The maximum absolute atomic E-state index is 12.4. The van der Waals surface area contributed by atoms with Crippen LogP contribution >= 0.6 is 22.9 Å². The van der Waals surface area contributed by atoms with Crippen molar-refractivity contribution in [2.45, 2.75) is 0 Å². The van der Waals surface area contributed by atoms with E-state index in [4.69, 9.17) is 17.3 Å². The molecule has 0 radical (unpaired) electrons. The normalized spacial score (nSPS) is 10.4. The number of nitrogens with one attached hydrogen (secondary N) is 3. The number of hydrogen-bond acceptors (Lipinski definition) is 6. The molecule has 2 aromatic carbocycles. The number of rotatable bonds is 5. The van der Waals surface area contributed by atoms with Crippen LogP contribution in [0.1, 0.15) is 15.9 Å². The number of halogens is 1. The summed E-state index contributed by atoms with van der Waals surface area (Å²) in [7, 11) is 0. The number of urea groups is 1. The summed E-state index contributed by atoms with van der Waals surface area (Å²) in [5.74, 6) is 6.26. The molecule has 3 amide bonds. The van der Waals surface area contributed by atoms with Gasteiger partial charge in [0.2, 0.25) is 0 Å². The molecule has 5 N–H and O–H groups in total. The van der Waals surface area contributed by atoms with Gasteiger partial charge in [0.25, 0.3) is 5.91 Å². The first-order valence-corrected chi connectivity index (χ1v) is 13.0. The highest BCUT2D eigenvalue weighted by molar-refractivity contribution is 7.18. The fraction of sp³-hybridized carbons (Fsp3) is 0.0345. The lowest BCUT2D eigenvalue weighted by atomic mass is 10.0. The molecule has 0 aliphatic heterocycles. The van der Waals surface area contributed by atoms with Crippen molar-refractivity contribution in [3.05, 3.63) is 101 Å². The molecule has 10 heteroatoms. The van der Waals surface area contributed by atoms with E-state index in [1.807, 2.05) is 29.6 Å². The predicted octanol–water partition coefficient (Wildman–Crippen LogP) is 6.02. The van der Waals surface area contributed by atoms with Gasteiger partial charge < -0.3 is 21.7 Å². The van der Waals surface area contributed by atoms with Crippen LogP contribution in [0.5, 0.6) is 0 Å². The lowest BCUT2D eigenvalue weighted by Crippen LogP contribution is -2.23. The van der Waals surface area contributed by atoms with Crippen molar-refractivity contribution in [2.75, 3.05) is 22.9 Å². The van der Waals surface area contributed by atoms with E-state index in [2.05, 4.69) is 37.8 Å². The SMILES string of the molecule is Nc1ncc(C#CCNC(=O)c2ccncc2)c2scc(-c3ccc(NC(=O)Nc4cccc(Cl)c4)cc3)c12. The Hall–Kier alpha value is -4.91. The second-order valence-corrected chi connectivity index (χ2v) is 9.61. The average molecular weight is 553 g/mol. The van der Waals surface area contributed by atoms with Gasteiger partial charge in [0.15, 0.2) is 0 Å². The Morgan fingerprint density at radius 2 is 1.77 bits per heavy atom. The largest absolute Gasteiger partial charge is 0.383 e. The number of anilines is 3. The summed E-state index contributed by atoms with van der Waals surface area (Å²) in [6.07, 6.45) is 4.77. The van der Waals surface area contributed by atoms with Gasteiger partial charge in [0.05, 0.1) is 16.8 Å². The standard InChI is InChI=1S/C29H21ClN6O2S/c30-21-4-1-5-23(15-21)36-29(38)35-22-8-6-18(7-9-22)24-17-39-26-20(16-34-27(31)25(24)26)3-2-12-33-28(37)19-10-13-32-14-11-19/h1,4-11,13-17H,12H2,(H2,31,34)(H,33,37)(H2,35,36,38). The molecule has 0 fully saturated rings. The Bertz CT molecular complexity index is 1730. The van der Waals surface area contributed by atoms with Gasteiger partial charge in [-0.15, -0.1) is 11.3 Å². The van der Waals surface area contributed by atoms with Crippen LogP contribution < -0.4 is 21.7 Å². The van der Waals surface area contributed by atoms with Gasteiger partial charge in [-0.2, -0.15) is 0 Å². The molecule has 5 aromatic rings. The van der Waals surface area contributed by atoms with Gasteiger partial charge in [-0.05, 0) is 53.4 Å². The Kier molecular flexibility index (Phi) is 7.68. The third-order valence-electron chi connectivity index (χ3n) is 5.66. The molecule has 39 heavy (non-hydrogen) atoms. The van der Waals surface area contributed by atoms with Gasteiger partial charge >= 0.3 is 6.03 Å². The highest BCUT2D eigenvalue weighted by Gasteiger charge is 2.14. The first kappa shape index (κ1) is 25.7. The smallest absolute Gasteiger partial charge is 0.323 e. The van der Waals surface area contributed by atoms with Gasteiger partial charge in [0, 0.05) is 51.5 Å². The van der Waals surface area contributed by atoms with Gasteiger partial charge in [-0.3, -0.25) is 9.78 Å². The number of carbonyl (C=O) groups excluding carboxylic acids is 2. The number of nitrogens with two attached hydrogens (primary N) is 1. The highest BCUT2D eigenvalue weighted by atomic mass is 35.5. The van der Waals surface area contributed by atoms with E-state index in [0.717, 1.165) is 26.8 Å². The number of carbonyl (C=O) groups is 2. The highest BCUT2D eigenvalue weighted by Crippen LogP contribution is 2.38. The maximum atomic E-state index is 12.4. The van der Waals surface area contributed by atoms with Crippen molar-refractivity contribution in [1.29, 1.82) is 0 Å². The van der Waals surface area contributed by atoms with Crippen molar-refractivity contribution in [2.24, 2.45) is 0 Å². The zero-order valence-corrected chi connectivity index (χ0v) is 21.9. The monoisotopic (exact) mass is 552 g/mol. The van der Waals surface area contributed by atoms with Gasteiger partial charge in [-0.1, -0.05) is 41.6 Å². The van der Waals surface area contributed by atoms with Crippen molar-refractivity contribution >= 4 is 62.2 Å². The van der Waals surface area contributed by atoms with Gasteiger partial charge in [0.1, 0.15) is 5.82 Å². The first-order chi connectivity index (χ1) is 19.0. The molecular formula is C29H21ClN6O2S. The second-order valence-electron chi connectivity index (χ2n) is 8.30. The molecule has 0 atom stereocenters. The molecule has 0 spiro atoms. The van der Waals surface area contributed by atoms with Crippen LogP contribution in [-0.4, -0.2) is 28.5 Å². The van der Waals surface area contributed by atoms with E-state index < -0.39 is 0 Å². The van der Waals surface area contributed by atoms with Crippen molar-refractivity contribution < 1.29 is 9.59 Å². The quantitative estimate of drug-likeness (QED) is 0.199. The van der Waals surface area contributed by atoms with Crippen LogP contribution in [0.2, 0.25) is 5.02 Å². The molecule has 192 valence electrons. The molecule has 3 aromatic heterocycles. The Labute approximate surface area is 233 Å². The number of pyridine rings is 2. The van der Waals surface area contributed by atoms with E-state index in [0.29, 0.717) is 27.8 Å². The Morgan fingerprint density at radius 3 is 2.54 bits per heavy atom. The lowest BCUT2D eigenvalue weighted by Gasteiger charge is -2.09.